The van der Waals surface area contributed by atoms with Crippen molar-refractivity contribution in [3.8, 4) is 23.3 Å². The van der Waals surface area contributed by atoms with Crippen LogP contribution in [0, 0.1) is 36.5 Å². The molecule has 0 unspecified atom stereocenters. The van der Waals surface area contributed by atoms with Crippen molar-refractivity contribution < 1.29 is 0 Å². The first-order chi connectivity index (χ1) is 11.1. The van der Waals surface area contributed by atoms with Crippen LogP contribution >= 0.6 is 11.3 Å². The molecule has 2 heterocycles. The molecule has 0 amide bonds. The largest absolute Gasteiger partial charge is 0.262 e. The molecule has 5 nitrogen and oxygen atoms in total. The Hall–Kier alpha value is -2.96. The van der Waals surface area contributed by atoms with Crippen molar-refractivity contribution in [3.63, 3.8) is 0 Å². The second kappa shape index (κ2) is 6.04. The van der Waals surface area contributed by atoms with E-state index in [4.69, 9.17) is 10.5 Å². The van der Waals surface area contributed by atoms with E-state index in [1.165, 1.54) is 11.3 Å². The van der Waals surface area contributed by atoms with Crippen LogP contribution in [-0.4, -0.2) is 14.8 Å². The van der Waals surface area contributed by atoms with E-state index in [1.54, 1.807) is 5.38 Å². The number of thiazole rings is 1. The van der Waals surface area contributed by atoms with E-state index in [9.17, 15) is 0 Å². The molecule has 0 fully saturated rings. The summed E-state index contributed by atoms with van der Waals surface area (Å²) in [6, 6.07) is 11.7. The molecule has 2 aromatic heterocycles. The molecule has 0 aliphatic rings. The molecule has 23 heavy (non-hydrogen) atoms. The van der Waals surface area contributed by atoms with Crippen LogP contribution in [0.2, 0.25) is 0 Å². The number of benzene rings is 1. The summed E-state index contributed by atoms with van der Waals surface area (Å²) in [5.41, 5.74) is 5.18. The van der Waals surface area contributed by atoms with Gasteiger partial charge in [0.05, 0.1) is 23.9 Å². The van der Waals surface area contributed by atoms with Crippen LogP contribution in [0.5, 0.6) is 0 Å². The lowest BCUT2D eigenvalue weighted by atomic mass is 10.0. The van der Waals surface area contributed by atoms with E-state index >= 15 is 0 Å². The first-order valence-electron chi connectivity index (χ1n) is 7.01. The smallest absolute Gasteiger partial charge is 0.151 e. The minimum absolute atomic E-state index is 0.443. The molecule has 3 aromatic rings. The maximum absolute atomic E-state index is 8.90. The molecular weight excluding hydrogens is 306 g/mol. The highest BCUT2D eigenvalue weighted by molar-refractivity contribution is 7.09. The lowest BCUT2D eigenvalue weighted by Crippen LogP contribution is -2.03. The van der Waals surface area contributed by atoms with E-state index in [2.05, 4.69) is 16.2 Å². The highest BCUT2D eigenvalue weighted by atomic mass is 32.1. The Morgan fingerprint density at radius 1 is 1.13 bits per heavy atom. The minimum atomic E-state index is 0.443. The molecule has 0 saturated heterocycles. The summed E-state index contributed by atoms with van der Waals surface area (Å²) >= 11 is 1.46. The maximum atomic E-state index is 8.90. The molecular formula is C17H13N5S. The normalized spacial score (nSPS) is 10.3. The predicted molar refractivity (Wildman–Crippen MR) is 87.8 cm³/mol. The molecule has 0 spiro atoms. The first-order valence-corrected chi connectivity index (χ1v) is 7.89. The molecule has 112 valence electrons. The van der Waals surface area contributed by atoms with Gasteiger partial charge in [-0.1, -0.05) is 12.1 Å². The quantitative estimate of drug-likeness (QED) is 0.741. The van der Waals surface area contributed by atoms with Gasteiger partial charge in [-0.25, -0.2) is 4.98 Å². The zero-order chi connectivity index (χ0) is 16.4. The van der Waals surface area contributed by atoms with Crippen molar-refractivity contribution in [1.29, 1.82) is 10.5 Å². The topological polar surface area (TPSA) is 78.3 Å². The number of nitriles is 2. The Labute approximate surface area is 138 Å². The number of hydrogen-bond donors (Lipinski definition) is 0. The molecule has 1 aromatic carbocycles. The lowest BCUT2D eigenvalue weighted by Gasteiger charge is -2.04. The lowest BCUT2D eigenvalue weighted by molar-refractivity contribution is 0.656. The van der Waals surface area contributed by atoms with Crippen molar-refractivity contribution in [1.82, 2.24) is 14.8 Å². The molecule has 3 rings (SSSR count). The number of nitrogens with zero attached hydrogens (tertiary/aromatic N) is 5. The van der Waals surface area contributed by atoms with Crippen molar-refractivity contribution in [2.75, 3.05) is 0 Å². The second-order valence-corrected chi connectivity index (χ2v) is 6.07. The Bertz CT molecular complexity index is 935. The highest BCUT2D eigenvalue weighted by Gasteiger charge is 2.14. The van der Waals surface area contributed by atoms with E-state index in [-0.39, 0.29) is 0 Å². The Morgan fingerprint density at radius 2 is 1.87 bits per heavy atom. The number of aromatic nitrogens is 3. The number of hydrogen-bond acceptors (Lipinski definition) is 5. The standard InChI is InChI=1S/C17H13N5S/c1-11-17(14-5-3-13(7-18)4-6-14)12(2)22(21-11)9-16-20-15(8-19)10-23-16/h3-6,10H,9H2,1-2H3. The highest BCUT2D eigenvalue weighted by Crippen LogP contribution is 2.27. The fourth-order valence-corrected chi connectivity index (χ4v) is 3.24. The van der Waals surface area contributed by atoms with E-state index in [1.807, 2.05) is 48.9 Å². The van der Waals surface area contributed by atoms with Gasteiger partial charge in [-0.2, -0.15) is 15.6 Å². The maximum Gasteiger partial charge on any atom is 0.151 e. The third-order valence-corrected chi connectivity index (χ3v) is 4.47. The van der Waals surface area contributed by atoms with Crippen LogP contribution in [0.4, 0.5) is 0 Å². The Balaban J connectivity index is 1.95. The van der Waals surface area contributed by atoms with Gasteiger partial charge in [0.15, 0.2) is 5.69 Å². The van der Waals surface area contributed by atoms with E-state index < -0.39 is 0 Å². The van der Waals surface area contributed by atoms with Crippen LogP contribution < -0.4 is 0 Å². The summed E-state index contributed by atoms with van der Waals surface area (Å²) in [6.07, 6.45) is 0. The molecule has 0 bridgehead atoms. The van der Waals surface area contributed by atoms with Crippen molar-refractivity contribution in [3.05, 3.63) is 57.3 Å². The number of rotatable bonds is 3. The predicted octanol–water partition coefficient (Wildman–Crippen LogP) is 3.42. The van der Waals surface area contributed by atoms with Crippen LogP contribution in [-0.2, 0) is 6.54 Å². The fraction of sp³-hybridized carbons (Fsp3) is 0.176. The van der Waals surface area contributed by atoms with Crippen molar-refractivity contribution in [2.24, 2.45) is 0 Å². The van der Waals surface area contributed by atoms with Crippen molar-refractivity contribution in [2.45, 2.75) is 20.4 Å². The number of aryl methyl sites for hydroxylation is 1. The van der Waals surface area contributed by atoms with Gasteiger partial charge < -0.3 is 0 Å². The zero-order valence-electron chi connectivity index (χ0n) is 12.7. The average molecular weight is 319 g/mol. The van der Waals surface area contributed by atoms with Gasteiger partial charge in [0.25, 0.3) is 0 Å². The summed E-state index contributed by atoms with van der Waals surface area (Å²) < 4.78 is 1.91. The second-order valence-electron chi connectivity index (χ2n) is 5.13. The van der Waals surface area contributed by atoms with Gasteiger partial charge in [-0.15, -0.1) is 11.3 Å². The monoisotopic (exact) mass is 319 g/mol. The molecule has 0 atom stereocenters. The molecule has 0 N–H and O–H groups in total. The molecule has 0 aliphatic carbocycles. The van der Waals surface area contributed by atoms with Gasteiger partial charge in [0.2, 0.25) is 0 Å². The summed E-state index contributed by atoms with van der Waals surface area (Å²) in [4.78, 5) is 4.26. The van der Waals surface area contributed by atoms with E-state index in [0.29, 0.717) is 17.8 Å². The van der Waals surface area contributed by atoms with Gasteiger partial charge in [0, 0.05) is 16.6 Å². The summed E-state index contributed by atoms with van der Waals surface area (Å²) in [5.74, 6) is 0. The molecule has 0 radical (unpaired) electrons. The van der Waals surface area contributed by atoms with Crippen LogP contribution in [0.15, 0.2) is 29.6 Å². The molecule has 0 aliphatic heterocycles. The van der Waals surface area contributed by atoms with Crippen LogP contribution in [0.1, 0.15) is 27.7 Å². The summed E-state index contributed by atoms with van der Waals surface area (Å²) in [5, 5.41) is 25.0. The molecule has 0 saturated carbocycles. The zero-order valence-corrected chi connectivity index (χ0v) is 13.6. The summed E-state index contributed by atoms with van der Waals surface area (Å²) in [7, 11) is 0. The third-order valence-electron chi connectivity index (χ3n) is 3.64. The average Bonchev–Trinajstić information content (AvgIpc) is 3.13. The Kier molecular flexibility index (Phi) is 3.92. The first kappa shape index (κ1) is 15.0. The molecule has 6 heteroatoms. The van der Waals surface area contributed by atoms with E-state index in [0.717, 1.165) is 27.5 Å². The SMILES string of the molecule is Cc1nn(Cc2nc(C#N)cs2)c(C)c1-c1ccc(C#N)cc1. The van der Waals surface area contributed by atoms with Crippen LogP contribution in [0.3, 0.4) is 0 Å². The van der Waals surface area contributed by atoms with Gasteiger partial charge in [-0.05, 0) is 31.5 Å². The summed E-state index contributed by atoms with van der Waals surface area (Å²) in [6.45, 7) is 4.54. The van der Waals surface area contributed by atoms with Gasteiger partial charge in [0.1, 0.15) is 11.1 Å². The van der Waals surface area contributed by atoms with Crippen LogP contribution in [0.25, 0.3) is 11.1 Å². The van der Waals surface area contributed by atoms with Gasteiger partial charge in [-0.3, -0.25) is 4.68 Å². The third kappa shape index (κ3) is 2.85. The van der Waals surface area contributed by atoms with Gasteiger partial charge >= 0.3 is 0 Å². The minimum Gasteiger partial charge on any atom is -0.262 e. The Morgan fingerprint density at radius 3 is 2.48 bits per heavy atom. The van der Waals surface area contributed by atoms with Crippen molar-refractivity contribution >= 4 is 11.3 Å². The fourth-order valence-electron chi connectivity index (χ4n) is 2.54.